The summed E-state index contributed by atoms with van der Waals surface area (Å²) in [6, 6.07) is 6.13. The van der Waals surface area contributed by atoms with Crippen molar-refractivity contribution >= 4 is 10.9 Å². The number of pyridine rings is 2. The summed E-state index contributed by atoms with van der Waals surface area (Å²) in [5, 5.41) is 12.1. The number of fused-ring (bicyclic) bond motifs is 1. The molecule has 3 aromatic heterocycles. The molecule has 3 aromatic rings. The van der Waals surface area contributed by atoms with E-state index in [4.69, 9.17) is 19.2 Å². The average Bonchev–Trinajstić information content (AvgIpc) is 3.19. The van der Waals surface area contributed by atoms with E-state index in [1.165, 1.54) is 0 Å². The molecule has 29 heavy (non-hydrogen) atoms. The Morgan fingerprint density at radius 1 is 1.14 bits per heavy atom. The number of morpholine rings is 1. The number of nitrogens with zero attached hydrogens (tertiary/aromatic N) is 3. The van der Waals surface area contributed by atoms with E-state index in [0.29, 0.717) is 12.5 Å². The highest BCUT2D eigenvalue weighted by atomic mass is 16.5. The van der Waals surface area contributed by atoms with E-state index >= 15 is 0 Å². The van der Waals surface area contributed by atoms with E-state index in [0.717, 1.165) is 72.8 Å². The van der Waals surface area contributed by atoms with Crippen molar-refractivity contribution in [3.8, 4) is 17.1 Å². The monoisotopic (exact) mass is 395 g/mol. The Bertz CT molecular complexity index is 993. The van der Waals surface area contributed by atoms with Crippen LogP contribution in [0.15, 0.2) is 24.4 Å². The van der Waals surface area contributed by atoms with Crippen molar-refractivity contribution in [1.82, 2.24) is 25.5 Å². The van der Waals surface area contributed by atoms with Gasteiger partial charge in [-0.1, -0.05) is 0 Å². The minimum absolute atomic E-state index is 0.0900. The molecule has 0 radical (unpaired) electrons. The molecule has 5 heterocycles. The van der Waals surface area contributed by atoms with E-state index in [2.05, 4.69) is 26.6 Å². The lowest BCUT2D eigenvalue weighted by molar-refractivity contribution is 0.0244. The van der Waals surface area contributed by atoms with Gasteiger partial charge in [0, 0.05) is 36.8 Å². The van der Waals surface area contributed by atoms with E-state index < -0.39 is 0 Å². The van der Waals surface area contributed by atoms with E-state index in [1.54, 1.807) is 0 Å². The second kappa shape index (κ2) is 8.06. The number of aryl methyl sites for hydroxylation is 1. The lowest BCUT2D eigenvalue weighted by Gasteiger charge is -2.24. The fourth-order valence-electron chi connectivity index (χ4n) is 3.92. The fourth-order valence-corrected chi connectivity index (χ4v) is 3.92. The summed E-state index contributed by atoms with van der Waals surface area (Å²) in [5.41, 5.74) is 4.58. The summed E-state index contributed by atoms with van der Waals surface area (Å²) in [4.78, 5) is 9.24. The van der Waals surface area contributed by atoms with Gasteiger partial charge in [-0.25, -0.2) is 4.98 Å². The molecule has 2 aliphatic heterocycles. The van der Waals surface area contributed by atoms with Crippen LogP contribution in [0.3, 0.4) is 0 Å². The minimum Gasteiger partial charge on any atom is -0.474 e. The zero-order valence-electron chi connectivity index (χ0n) is 16.5. The molecule has 0 bridgehead atoms. The third-order valence-corrected chi connectivity index (χ3v) is 5.42. The number of ether oxygens (including phenoxy) is 3. The molecule has 0 saturated carbocycles. The Labute approximate surface area is 169 Å². The van der Waals surface area contributed by atoms with Crippen molar-refractivity contribution < 1.29 is 14.2 Å². The van der Waals surface area contributed by atoms with E-state index in [1.807, 2.05) is 25.3 Å². The third-order valence-electron chi connectivity index (χ3n) is 5.42. The van der Waals surface area contributed by atoms with Gasteiger partial charge in [0.25, 0.3) is 0 Å². The summed E-state index contributed by atoms with van der Waals surface area (Å²) >= 11 is 0. The molecule has 152 valence electrons. The van der Waals surface area contributed by atoms with Gasteiger partial charge in [-0.05, 0) is 25.1 Å². The molecule has 0 aromatic carbocycles. The largest absolute Gasteiger partial charge is 0.474 e. The number of nitrogens with one attached hydrogen (secondary N) is 2. The highest BCUT2D eigenvalue weighted by Gasteiger charge is 2.22. The maximum absolute atomic E-state index is 6.32. The standard InChI is InChI=1S/C21H25N5O3/c1-13-10-17-19(21(24-13)29-15-3-7-27-8-4-15)20(26-25-17)14-2-5-22-16(11-14)18-12-28-9-6-23-18/h2,5,10-11,15,18,23H,3-4,6-9,12H2,1H3,(H,25,26). The van der Waals surface area contributed by atoms with Crippen LogP contribution in [0, 0.1) is 6.92 Å². The molecule has 0 aliphatic carbocycles. The van der Waals surface area contributed by atoms with E-state index in [9.17, 15) is 0 Å². The number of hydrogen-bond donors (Lipinski definition) is 2. The van der Waals surface area contributed by atoms with Crippen LogP contribution in [0.1, 0.15) is 30.3 Å². The zero-order chi connectivity index (χ0) is 19.6. The van der Waals surface area contributed by atoms with Gasteiger partial charge >= 0.3 is 0 Å². The zero-order valence-corrected chi connectivity index (χ0v) is 16.5. The van der Waals surface area contributed by atoms with Crippen LogP contribution in [0.5, 0.6) is 5.88 Å². The van der Waals surface area contributed by atoms with Crippen LogP contribution in [0.4, 0.5) is 0 Å². The lowest BCUT2D eigenvalue weighted by atomic mass is 10.1. The molecule has 0 spiro atoms. The normalized spacial score (nSPS) is 20.8. The van der Waals surface area contributed by atoms with Gasteiger partial charge in [-0.3, -0.25) is 10.1 Å². The van der Waals surface area contributed by atoms with Crippen molar-refractivity contribution in [2.24, 2.45) is 0 Å². The molecule has 8 heteroatoms. The van der Waals surface area contributed by atoms with Crippen molar-refractivity contribution in [2.75, 3.05) is 33.0 Å². The first-order valence-corrected chi connectivity index (χ1v) is 10.2. The molecule has 2 N–H and O–H groups in total. The van der Waals surface area contributed by atoms with Crippen LogP contribution in [0.2, 0.25) is 0 Å². The summed E-state index contributed by atoms with van der Waals surface area (Å²) in [6.07, 6.45) is 3.68. The number of hydrogen-bond acceptors (Lipinski definition) is 7. The van der Waals surface area contributed by atoms with Gasteiger partial charge in [0.1, 0.15) is 11.8 Å². The summed E-state index contributed by atoms with van der Waals surface area (Å²) in [6.45, 7) is 5.60. The fraction of sp³-hybridized carbons (Fsp3) is 0.476. The number of aromatic amines is 1. The molecule has 8 nitrogen and oxygen atoms in total. The second-order valence-electron chi connectivity index (χ2n) is 7.54. The summed E-state index contributed by atoms with van der Waals surface area (Å²) in [7, 11) is 0. The third kappa shape index (κ3) is 3.83. The average molecular weight is 395 g/mol. The molecule has 1 unspecified atom stereocenters. The Kier molecular flexibility index (Phi) is 5.13. The molecular formula is C21H25N5O3. The number of aromatic nitrogens is 4. The van der Waals surface area contributed by atoms with Gasteiger partial charge in [0.05, 0.1) is 49.1 Å². The topological polar surface area (TPSA) is 94.2 Å². The highest BCUT2D eigenvalue weighted by Crippen LogP contribution is 2.34. The molecule has 2 fully saturated rings. The first-order chi connectivity index (χ1) is 14.3. The maximum atomic E-state index is 6.32. The quantitative estimate of drug-likeness (QED) is 0.701. The van der Waals surface area contributed by atoms with Crippen LogP contribution in [-0.4, -0.2) is 59.2 Å². The summed E-state index contributed by atoms with van der Waals surface area (Å²) in [5.74, 6) is 0.633. The van der Waals surface area contributed by atoms with Crippen molar-refractivity contribution in [3.63, 3.8) is 0 Å². The van der Waals surface area contributed by atoms with Crippen molar-refractivity contribution in [1.29, 1.82) is 0 Å². The van der Waals surface area contributed by atoms with Gasteiger partial charge < -0.3 is 19.5 Å². The van der Waals surface area contributed by atoms with Gasteiger partial charge in [-0.2, -0.15) is 5.10 Å². The van der Waals surface area contributed by atoms with Gasteiger partial charge in [0.2, 0.25) is 5.88 Å². The Morgan fingerprint density at radius 2 is 2.03 bits per heavy atom. The molecule has 1 atom stereocenters. The maximum Gasteiger partial charge on any atom is 0.225 e. The molecule has 2 aliphatic rings. The molecule has 0 amide bonds. The SMILES string of the molecule is Cc1cc2[nH]nc(-c3ccnc(C4COCCN4)c3)c2c(OC2CCOCC2)n1. The first kappa shape index (κ1) is 18.5. The molecule has 2 saturated heterocycles. The lowest BCUT2D eigenvalue weighted by Crippen LogP contribution is -2.35. The predicted octanol–water partition coefficient (Wildman–Crippen LogP) is 2.55. The van der Waals surface area contributed by atoms with Gasteiger partial charge in [-0.15, -0.1) is 0 Å². The van der Waals surface area contributed by atoms with Crippen LogP contribution in [-0.2, 0) is 9.47 Å². The second-order valence-corrected chi connectivity index (χ2v) is 7.54. The summed E-state index contributed by atoms with van der Waals surface area (Å²) < 4.78 is 17.4. The van der Waals surface area contributed by atoms with Crippen LogP contribution in [0.25, 0.3) is 22.2 Å². The highest BCUT2D eigenvalue weighted by molar-refractivity contribution is 5.96. The number of rotatable bonds is 4. The van der Waals surface area contributed by atoms with Crippen molar-refractivity contribution in [3.05, 3.63) is 35.8 Å². The van der Waals surface area contributed by atoms with Crippen molar-refractivity contribution in [2.45, 2.75) is 31.9 Å². The van der Waals surface area contributed by atoms with Crippen LogP contribution >= 0.6 is 0 Å². The predicted molar refractivity (Wildman–Crippen MR) is 108 cm³/mol. The van der Waals surface area contributed by atoms with Crippen LogP contribution < -0.4 is 10.1 Å². The Balaban J connectivity index is 1.53. The van der Waals surface area contributed by atoms with Gasteiger partial charge in [0.15, 0.2) is 0 Å². The molecular weight excluding hydrogens is 370 g/mol. The number of H-pyrrole nitrogens is 1. The Hall–Kier alpha value is -2.55. The first-order valence-electron chi connectivity index (χ1n) is 10.2. The smallest absolute Gasteiger partial charge is 0.225 e. The Morgan fingerprint density at radius 3 is 2.86 bits per heavy atom. The molecule has 5 rings (SSSR count). The van der Waals surface area contributed by atoms with E-state index in [-0.39, 0.29) is 12.1 Å². The minimum atomic E-state index is 0.0900.